The Morgan fingerprint density at radius 3 is 2.92 bits per heavy atom. The molecule has 1 aromatic carbocycles. The maximum Gasteiger partial charge on any atom is 0.303 e. The van der Waals surface area contributed by atoms with Crippen LogP contribution in [0.4, 0.5) is 4.39 Å². The normalized spacial score (nSPS) is 18.4. The van der Waals surface area contributed by atoms with E-state index in [0.29, 0.717) is 16.0 Å². The summed E-state index contributed by atoms with van der Waals surface area (Å²) in [7, 11) is 1.64. The molecule has 0 saturated carbocycles. The molecule has 0 aliphatic carbocycles. The van der Waals surface area contributed by atoms with Crippen molar-refractivity contribution < 1.29 is 19.0 Å². The van der Waals surface area contributed by atoms with Gasteiger partial charge in [0.05, 0.1) is 22.7 Å². The first-order valence-corrected chi connectivity index (χ1v) is 13.6. The highest BCUT2D eigenvalue weighted by Crippen LogP contribution is 2.33. The predicted molar refractivity (Wildman–Crippen MR) is 141 cm³/mol. The number of aliphatic carboxylic acids is 1. The van der Waals surface area contributed by atoms with Crippen molar-refractivity contribution in [1.29, 1.82) is 0 Å². The van der Waals surface area contributed by atoms with Crippen molar-refractivity contribution in [1.82, 2.24) is 14.9 Å². The molecule has 3 heterocycles. The Morgan fingerprint density at radius 1 is 1.28 bits per heavy atom. The van der Waals surface area contributed by atoms with Crippen LogP contribution >= 0.6 is 23.4 Å². The number of halogens is 2. The number of hydrogen-bond acceptors (Lipinski definition) is 6. The lowest BCUT2D eigenvalue weighted by Gasteiger charge is -2.38. The summed E-state index contributed by atoms with van der Waals surface area (Å²) < 4.78 is 18.8. The number of hydrogen-bond donors (Lipinski definition) is 1. The number of thioether (sulfide) groups is 1. The Hall–Kier alpha value is -2.42. The van der Waals surface area contributed by atoms with E-state index in [-0.39, 0.29) is 18.2 Å². The molecule has 1 saturated heterocycles. The molecular weight excluding hydrogens is 501 g/mol. The lowest BCUT2D eigenvalue weighted by molar-refractivity contribution is -0.139. The Labute approximate surface area is 220 Å². The van der Waals surface area contributed by atoms with Crippen LogP contribution in [0.1, 0.15) is 31.2 Å². The van der Waals surface area contributed by atoms with Crippen molar-refractivity contribution in [2.75, 3.05) is 32.5 Å². The minimum absolute atomic E-state index is 0.110. The standard InChI is InChI=1S/C27H31ClFN3O3S/c1-35-21-5-6-25-23(15-21)22(24(28)16-31-25)4-2-3-18-8-10-32(17-19(18)13-27(33)34)11-12-36-26-14-20(29)7-9-30-26/h5-7,9,14-16,18-19H,2-4,8,10-13,17H2,1H3,(H,33,34)/t18-,19-/m1/s1. The second-order valence-electron chi connectivity index (χ2n) is 9.23. The number of aromatic nitrogens is 2. The molecule has 0 unspecified atom stereocenters. The second kappa shape index (κ2) is 12.7. The first-order valence-electron chi connectivity index (χ1n) is 12.2. The minimum Gasteiger partial charge on any atom is -0.497 e. The van der Waals surface area contributed by atoms with Crippen LogP contribution in [0.3, 0.4) is 0 Å². The molecule has 2 atom stereocenters. The van der Waals surface area contributed by atoms with E-state index in [9.17, 15) is 14.3 Å². The first-order chi connectivity index (χ1) is 17.4. The Morgan fingerprint density at radius 2 is 2.14 bits per heavy atom. The van der Waals surface area contributed by atoms with Gasteiger partial charge in [0, 0.05) is 49.1 Å². The Kier molecular flexibility index (Phi) is 9.40. The van der Waals surface area contributed by atoms with Gasteiger partial charge in [-0.05, 0) is 73.9 Å². The summed E-state index contributed by atoms with van der Waals surface area (Å²) in [6.07, 6.45) is 7.02. The average Bonchev–Trinajstić information content (AvgIpc) is 2.86. The van der Waals surface area contributed by atoms with Gasteiger partial charge in [0.15, 0.2) is 0 Å². The number of aryl methyl sites for hydroxylation is 1. The molecule has 1 N–H and O–H groups in total. The number of pyridine rings is 2. The first kappa shape index (κ1) is 26.6. The molecule has 0 spiro atoms. The number of nitrogens with zero attached hydrogens (tertiary/aromatic N) is 3. The second-order valence-corrected chi connectivity index (χ2v) is 10.8. The largest absolute Gasteiger partial charge is 0.497 e. The van der Waals surface area contributed by atoms with E-state index in [1.54, 1.807) is 13.3 Å². The van der Waals surface area contributed by atoms with Crippen LogP contribution in [0.5, 0.6) is 5.75 Å². The maximum atomic E-state index is 13.4. The van der Waals surface area contributed by atoms with Crippen molar-refractivity contribution >= 4 is 40.2 Å². The van der Waals surface area contributed by atoms with E-state index in [1.165, 1.54) is 30.1 Å². The zero-order valence-electron chi connectivity index (χ0n) is 20.3. The number of benzene rings is 1. The molecular formula is C27H31ClFN3O3S. The Balaban J connectivity index is 1.33. The van der Waals surface area contributed by atoms with Crippen LogP contribution in [-0.2, 0) is 11.2 Å². The number of methoxy groups -OCH3 is 1. The molecule has 1 aliphatic rings. The van der Waals surface area contributed by atoms with Crippen molar-refractivity contribution in [2.45, 2.75) is 37.1 Å². The highest BCUT2D eigenvalue weighted by atomic mass is 35.5. The van der Waals surface area contributed by atoms with Crippen molar-refractivity contribution in [3.63, 3.8) is 0 Å². The summed E-state index contributed by atoms with van der Waals surface area (Å²) in [4.78, 5) is 22.5. The fourth-order valence-electron chi connectivity index (χ4n) is 5.06. The summed E-state index contributed by atoms with van der Waals surface area (Å²) in [6.45, 7) is 2.53. The number of piperidine rings is 1. The molecule has 9 heteroatoms. The summed E-state index contributed by atoms with van der Waals surface area (Å²) in [5.74, 6) is 0.996. The summed E-state index contributed by atoms with van der Waals surface area (Å²) in [5.41, 5.74) is 1.95. The van der Waals surface area contributed by atoms with E-state index in [0.717, 1.165) is 73.3 Å². The van der Waals surface area contributed by atoms with Gasteiger partial charge in [-0.1, -0.05) is 11.6 Å². The molecule has 6 nitrogen and oxygen atoms in total. The molecule has 1 aliphatic heterocycles. The molecule has 0 amide bonds. The highest BCUT2D eigenvalue weighted by molar-refractivity contribution is 7.99. The number of carboxylic acids is 1. The lowest BCUT2D eigenvalue weighted by atomic mass is 9.80. The zero-order valence-corrected chi connectivity index (χ0v) is 21.9. The number of ether oxygens (including phenoxy) is 1. The van der Waals surface area contributed by atoms with Crippen molar-refractivity contribution in [3.05, 3.63) is 59.1 Å². The van der Waals surface area contributed by atoms with Crippen LogP contribution in [-0.4, -0.2) is 58.4 Å². The molecule has 3 aromatic rings. The van der Waals surface area contributed by atoms with Crippen LogP contribution in [0.2, 0.25) is 5.02 Å². The molecule has 2 aromatic heterocycles. The number of carbonyl (C=O) groups is 1. The fraction of sp³-hybridized carbons (Fsp3) is 0.444. The number of rotatable bonds is 11. The van der Waals surface area contributed by atoms with Gasteiger partial charge in [-0.15, -0.1) is 11.8 Å². The predicted octanol–water partition coefficient (Wildman–Crippen LogP) is 5.96. The van der Waals surface area contributed by atoms with Gasteiger partial charge in [-0.3, -0.25) is 9.78 Å². The number of likely N-dealkylation sites (tertiary alicyclic amines) is 1. The summed E-state index contributed by atoms with van der Waals surface area (Å²) >= 11 is 8.05. The smallest absolute Gasteiger partial charge is 0.303 e. The SMILES string of the molecule is COc1ccc2ncc(Cl)c(CCC[C@@H]3CCN(CCSc4cc(F)ccn4)C[C@H]3CC(=O)O)c2c1. The molecule has 192 valence electrons. The van der Waals surface area contributed by atoms with Gasteiger partial charge < -0.3 is 14.7 Å². The monoisotopic (exact) mass is 531 g/mol. The third-order valence-corrected chi connectivity index (χ3v) is 8.13. The summed E-state index contributed by atoms with van der Waals surface area (Å²) in [5, 5.41) is 11.9. The fourth-order valence-corrected chi connectivity index (χ4v) is 6.20. The highest BCUT2D eigenvalue weighted by Gasteiger charge is 2.30. The molecule has 1 fully saturated rings. The Bertz CT molecular complexity index is 1200. The van der Waals surface area contributed by atoms with Gasteiger partial charge in [0.25, 0.3) is 0 Å². The van der Waals surface area contributed by atoms with Crippen molar-refractivity contribution in [3.8, 4) is 5.75 Å². The van der Waals surface area contributed by atoms with Crippen LogP contribution in [0.25, 0.3) is 10.9 Å². The van der Waals surface area contributed by atoms with Gasteiger partial charge in [-0.25, -0.2) is 9.37 Å². The van der Waals surface area contributed by atoms with Crippen molar-refractivity contribution in [2.24, 2.45) is 11.8 Å². The van der Waals surface area contributed by atoms with E-state index >= 15 is 0 Å². The number of carboxylic acid groups (broad SMARTS) is 1. The van der Waals surface area contributed by atoms with Crippen LogP contribution in [0, 0.1) is 17.7 Å². The van der Waals surface area contributed by atoms with E-state index in [2.05, 4.69) is 14.9 Å². The quantitative estimate of drug-likeness (QED) is 0.306. The number of fused-ring (bicyclic) bond motifs is 1. The average molecular weight is 532 g/mol. The summed E-state index contributed by atoms with van der Waals surface area (Å²) in [6, 6.07) is 8.60. The van der Waals surface area contributed by atoms with E-state index < -0.39 is 5.97 Å². The van der Waals surface area contributed by atoms with Gasteiger partial charge in [0.2, 0.25) is 0 Å². The third kappa shape index (κ3) is 7.08. The third-order valence-electron chi connectivity index (χ3n) is 6.90. The van der Waals surface area contributed by atoms with E-state index in [4.69, 9.17) is 16.3 Å². The minimum atomic E-state index is -0.750. The molecule has 4 rings (SSSR count). The lowest BCUT2D eigenvalue weighted by Crippen LogP contribution is -2.42. The van der Waals surface area contributed by atoms with E-state index in [1.807, 2.05) is 18.2 Å². The van der Waals surface area contributed by atoms with Gasteiger partial charge in [-0.2, -0.15) is 0 Å². The zero-order chi connectivity index (χ0) is 25.5. The van der Waals surface area contributed by atoms with Crippen LogP contribution < -0.4 is 4.74 Å². The topological polar surface area (TPSA) is 75.5 Å². The molecule has 36 heavy (non-hydrogen) atoms. The van der Waals surface area contributed by atoms with Crippen LogP contribution in [0.15, 0.2) is 47.8 Å². The molecule has 0 bridgehead atoms. The van der Waals surface area contributed by atoms with Gasteiger partial charge in [0.1, 0.15) is 11.6 Å². The molecule has 0 radical (unpaired) electrons. The maximum absolute atomic E-state index is 13.4. The van der Waals surface area contributed by atoms with Gasteiger partial charge >= 0.3 is 5.97 Å².